The quantitative estimate of drug-likeness (QED) is 0.0836. The van der Waals surface area contributed by atoms with Crippen molar-refractivity contribution in [3.63, 3.8) is 0 Å². The lowest BCUT2D eigenvalue weighted by atomic mass is 9.94. The zero-order valence-corrected chi connectivity index (χ0v) is 24.3. The molecule has 11 nitrogen and oxygen atoms in total. The smallest absolute Gasteiger partial charge is 0.325 e. The van der Waals surface area contributed by atoms with Gasteiger partial charge in [-0.3, -0.25) is 18.9 Å². The first kappa shape index (κ1) is 30.7. The van der Waals surface area contributed by atoms with Crippen molar-refractivity contribution < 1.29 is 37.3 Å². The van der Waals surface area contributed by atoms with Gasteiger partial charge < -0.3 is 20.6 Å². The van der Waals surface area contributed by atoms with E-state index in [0.29, 0.717) is 23.0 Å². The molecule has 0 unspecified atom stereocenters. The van der Waals surface area contributed by atoms with Gasteiger partial charge in [-0.15, -0.1) is 5.48 Å². The fourth-order valence-electron chi connectivity index (χ4n) is 5.48. The van der Waals surface area contributed by atoms with Crippen molar-refractivity contribution >= 4 is 44.4 Å². The van der Waals surface area contributed by atoms with Crippen LogP contribution in [0.4, 0.5) is 5.69 Å². The Morgan fingerprint density at radius 1 is 0.818 bits per heavy atom. The summed E-state index contributed by atoms with van der Waals surface area (Å²) in [6.07, 6.45) is -0.218. The van der Waals surface area contributed by atoms with Gasteiger partial charge in [0.05, 0.1) is 6.42 Å². The number of carbonyl (C=O) groups excluding carboxylic acids is 2. The summed E-state index contributed by atoms with van der Waals surface area (Å²) in [6, 6.07) is 23.9. The van der Waals surface area contributed by atoms with Crippen molar-refractivity contribution in [2.75, 3.05) is 18.4 Å². The van der Waals surface area contributed by atoms with Crippen LogP contribution in [-0.4, -0.2) is 55.1 Å². The second-order valence-corrected chi connectivity index (χ2v) is 11.8. The summed E-state index contributed by atoms with van der Waals surface area (Å²) in [6.45, 7) is 0.504. The number of nitrogens with one attached hydrogen (secondary N) is 3. The van der Waals surface area contributed by atoms with Crippen molar-refractivity contribution in [3.8, 4) is 11.1 Å². The maximum Gasteiger partial charge on any atom is 0.325 e. The molecule has 44 heavy (non-hydrogen) atoms. The fourth-order valence-corrected chi connectivity index (χ4v) is 6.19. The molecule has 1 amide bonds. The van der Waals surface area contributed by atoms with Crippen LogP contribution in [0, 0.1) is 0 Å². The Morgan fingerprint density at radius 2 is 1.45 bits per heavy atom. The molecule has 0 aromatic heterocycles. The highest BCUT2D eigenvalue weighted by Crippen LogP contribution is 2.46. The molecule has 5 N–H and O–H groups in total. The van der Waals surface area contributed by atoms with E-state index in [1.807, 2.05) is 48.5 Å². The monoisotopic (exact) mass is 617 g/mol. The first-order valence-electron chi connectivity index (χ1n) is 14.0. The average molecular weight is 618 g/mol. The molecule has 4 aromatic rings. The van der Waals surface area contributed by atoms with Gasteiger partial charge in [0.1, 0.15) is 10.9 Å². The second kappa shape index (κ2) is 13.2. The topological polar surface area (TPSA) is 171 Å². The molecule has 0 aliphatic heterocycles. The predicted octanol–water partition coefficient (Wildman–Crippen LogP) is 4.10. The van der Waals surface area contributed by atoms with Crippen LogP contribution in [0.15, 0.2) is 89.8 Å². The minimum absolute atomic E-state index is 0.0225. The van der Waals surface area contributed by atoms with E-state index in [1.54, 1.807) is 24.3 Å². The van der Waals surface area contributed by atoms with Crippen LogP contribution in [0.5, 0.6) is 0 Å². The van der Waals surface area contributed by atoms with Crippen LogP contribution in [0.3, 0.4) is 0 Å². The summed E-state index contributed by atoms with van der Waals surface area (Å²) in [5, 5.41) is 16.4. The van der Waals surface area contributed by atoms with E-state index in [2.05, 4.69) is 16.1 Å². The first-order valence-corrected chi connectivity index (χ1v) is 15.4. The van der Waals surface area contributed by atoms with Crippen molar-refractivity contribution in [3.05, 3.63) is 96.1 Å². The normalized spacial score (nSPS) is 13.1. The first-order chi connectivity index (χ1) is 21.1. The predicted molar refractivity (Wildman–Crippen MR) is 163 cm³/mol. The molecule has 0 radical (unpaired) electrons. The molecular weight excluding hydrogens is 586 g/mol. The Labute approximate surface area is 253 Å². The van der Waals surface area contributed by atoms with Gasteiger partial charge in [-0.1, -0.05) is 72.8 Å². The van der Waals surface area contributed by atoms with Gasteiger partial charge in [0.25, 0.3) is 10.1 Å². The third kappa shape index (κ3) is 6.88. The van der Waals surface area contributed by atoms with E-state index in [0.717, 1.165) is 22.3 Å². The Bertz CT molecular complexity index is 1780. The molecule has 0 spiro atoms. The number of carboxylic acids is 1. The molecule has 1 aliphatic rings. The molecule has 0 saturated carbocycles. The minimum atomic E-state index is -4.40. The van der Waals surface area contributed by atoms with Crippen LogP contribution in [-0.2, 0) is 29.3 Å². The van der Waals surface area contributed by atoms with Crippen LogP contribution in [0.2, 0.25) is 0 Å². The number of amides is 1. The molecule has 228 valence electrons. The van der Waals surface area contributed by atoms with E-state index in [-0.39, 0.29) is 36.6 Å². The second-order valence-electron chi connectivity index (χ2n) is 10.4. The number of benzene rings is 4. The van der Waals surface area contributed by atoms with Gasteiger partial charge in [0, 0.05) is 41.9 Å². The van der Waals surface area contributed by atoms with Crippen LogP contribution in [0.25, 0.3) is 21.9 Å². The highest BCUT2D eigenvalue weighted by molar-refractivity contribution is 7.86. The van der Waals surface area contributed by atoms with E-state index >= 15 is 0 Å². The van der Waals surface area contributed by atoms with Gasteiger partial charge in [0.15, 0.2) is 0 Å². The molecule has 1 atom stereocenters. The van der Waals surface area contributed by atoms with E-state index in [1.165, 1.54) is 12.1 Å². The zero-order chi connectivity index (χ0) is 31.3. The van der Waals surface area contributed by atoms with Crippen molar-refractivity contribution in [2.45, 2.75) is 36.1 Å². The summed E-state index contributed by atoms with van der Waals surface area (Å²) < 4.78 is 32.9. The molecule has 0 bridgehead atoms. The number of anilines is 1. The van der Waals surface area contributed by atoms with E-state index < -0.39 is 34.0 Å². The van der Waals surface area contributed by atoms with Crippen molar-refractivity contribution in [1.29, 1.82) is 0 Å². The fraction of sp³-hybridized carbons (Fsp3) is 0.219. The van der Waals surface area contributed by atoms with Crippen LogP contribution in [0.1, 0.15) is 36.3 Å². The number of aliphatic carboxylic acids is 1. The van der Waals surface area contributed by atoms with Crippen LogP contribution >= 0.6 is 0 Å². The molecular formula is C32H31N3O8S. The van der Waals surface area contributed by atoms with Crippen LogP contribution < -0.4 is 16.1 Å². The minimum Gasteiger partial charge on any atom is -0.480 e. The number of hydrogen-bond donors (Lipinski definition) is 5. The number of hydroxylamine groups is 1. The van der Waals surface area contributed by atoms with Gasteiger partial charge in [-0.05, 0) is 40.8 Å². The third-order valence-electron chi connectivity index (χ3n) is 7.53. The van der Waals surface area contributed by atoms with Crippen molar-refractivity contribution in [1.82, 2.24) is 10.8 Å². The van der Waals surface area contributed by atoms with Crippen molar-refractivity contribution in [2.24, 2.45) is 0 Å². The van der Waals surface area contributed by atoms with Gasteiger partial charge in [-0.25, -0.2) is 0 Å². The third-order valence-corrected chi connectivity index (χ3v) is 8.44. The largest absolute Gasteiger partial charge is 0.480 e. The lowest BCUT2D eigenvalue weighted by Gasteiger charge is -2.16. The summed E-state index contributed by atoms with van der Waals surface area (Å²) in [5.74, 6) is -2.47. The highest BCUT2D eigenvalue weighted by Gasteiger charge is 2.31. The number of fused-ring (bicyclic) bond motifs is 4. The van der Waals surface area contributed by atoms with Gasteiger partial charge >= 0.3 is 11.9 Å². The van der Waals surface area contributed by atoms with E-state index in [9.17, 15) is 32.5 Å². The SMILES string of the molecule is O=C(CC[C@H](NOC(=O)CC1c2ccccc2-c2ccccc21)C(=O)O)NCCNc1cccc2c(S(=O)(=O)O)cccc12. The molecule has 0 heterocycles. The molecule has 4 aromatic carbocycles. The summed E-state index contributed by atoms with van der Waals surface area (Å²) in [7, 11) is -4.40. The average Bonchev–Trinajstić information content (AvgIpc) is 3.31. The highest BCUT2D eigenvalue weighted by atomic mass is 32.2. The number of hydrogen-bond acceptors (Lipinski definition) is 8. The zero-order valence-electron chi connectivity index (χ0n) is 23.5. The van der Waals surface area contributed by atoms with E-state index in [4.69, 9.17) is 4.84 Å². The summed E-state index contributed by atoms with van der Waals surface area (Å²) in [5.41, 5.74) is 7.06. The lowest BCUT2D eigenvalue weighted by Crippen LogP contribution is -2.39. The lowest BCUT2D eigenvalue weighted by molar-refractivity contribution is -0.158. The Balaban J connectivity index is 1.08. The van der Waals surface area contributed by atoms with Gasteiger partial charge in [0.2, 0.25) is 5.91 Å². The standard InChI is InChI=1S/C32H31N3O8S/c36-30(34-18-17-33-27-13-5-12-25-24(27)11-6-14-29(25)44(40,41)42)16-15-28(32(38)39)35-43-31(37)19-26-22-9-3-1-7-20(22)21-8-2-4-10-23(21)26/h1-14,26,28,33,35H,15-19H2,(H,34,36)(H,38,39)(H,40,41,42)/t28-/m0/s1. The maximum atomic E-state index is 12.7. The molecule has 12 heteroatoms. The maximum absolute atomic E-state index is 12.7. The Kier molecular flexibility index (Phi) is 9.23. The number of carboxylic acid groups (broad SMARTS) is 1. The molecule has 0 fully saturated rings. The number of carbonyl (C=O) groups is 3. The molecule has 1 aliphatic carbocycles. The molecule has 0 saturated heterocycles. The molecule has 5 rings (SSSR count). The Hall–Kier alpha value is -4.78. The Morgan fingerprint density at radius 3 is 2.11 bits per heavy atom. The summed E-state index contributed by atoms with van der Waals surface area (Å²) in [4.78, 5) is 41.8. The summed E-state index contributed by atoms with van der Waals surface area (Å²) >= 11 is 0. The number of rotatable bonds is 13. The van der Waals surface area contributed by atoms with Gasteiger partial charge in [-0.2, -0.15) is 8.42 Å².